The van der Waals surface area contributed by atoms with Crippen molar-refractivity contribution < 1.29 is 5.11 Å². The fourth-order valence-electron chi connectivity index (χ4n) is 3.32. The highest BCUT2D eigenvalue weighted by molar-refractivity contribution is 5.80. The number of rotatable bonds is 4. The van der Waals surface area contributed by atoms with E-state index in [2.05, 4.69) is 40.2 Å². The molecule has 1 saturated heterocycles. The Hall–Kier alpha value is -1.36. The molecule has 4 heteroatoms. The molecule has 1 fully saturated rings. The van der Waals surface area contributed by atoms with Crippen LogP contribution in [0.25, 0.3) is 10.9 Å². The largest absolute Gasteiger partial charge is 0.388 e. The monoisotopic (exact) mass is 287 g/mol. The number of piperidine rings is 1. The quantitative estimate of drug-likeness (QED) is 0.806. The van der Waals surface area contributed by atoms with Crippen molar-refractivity contribution in [2.45, 2.75) is 31.3 Å². The van der Waals surface area contributed by atoms with Crippen molar-refractivity contribution in [1.29, 1.82) is 0 Å². The van der Waals surface area contributed by atoms with Crippen LogP contribution in [0.15, 0.2) is 30.3 Å². The zero-order valence-electron chi connectivity index (χ0n) is 12.7. The summed E-state index contributed by atoms with van der Waals surface area (Å²) in [5.74, 6) is 0.514. The highest BCUT2D eigenvalue weighted by Crippen LogP contribution is 2.29. The first kappa shape index (κ1) is 14.6. The standard InChI is InChI=1S/C17H25N3O/c1-17(21,11-18)12-20-8-4-6-14(10-20)16-9-13-5-2-3-7-15(13)19-16/h2-3,5,7,9,14,19,21H,4,6,8,10-12,18H2,1H3. The smallest absolute Gasteiger partial charge is 0.0867 e. The Morgan fingerprint density at radius 2 is 2.24 bits per heavy atom. The van der Waals surface area contributed by atoms with Gasteiger partial charge in [0, 0.05) is 36.8 Å². The van der Waals surface area contributed by atoms with E-state index in [1.807, 2.05) is 6.92 Å². The molecule has 0 aliphatic carbocycles. The van der Waals surface area contributed by atoms with Crippen LogP contribution in [0.2, 0.25) is 0 Å². The van der Waals surface area contributed by atoms with E-state index >= 15 is 0 Å². The predicted octanol–water partition coefficient (Wildman–Crippen LogP) is 2.06. The normalized spacial score (nSPS) is 23.3. The third-order valence-electron chi connectivity index (χ3n) is 4.50. The summed E-state index contributed by atoms with van der Waals surface area (Å²) in [5, 5.41) is 11.4. The average Bonchev–Trinajstić information content (AvgIpc) is 2.91. The average molecular weight is 287 g/mol. The molecular formula is C17H25N3O. The van der Waals surface area contributed by atoms with Crippen molar-refractivity contribution in [1.82, 2.24) is 9.88 Å². The summed E-state index contributed by atoms with van der Waals surface area (Å²) in [4.78, 5) is 5.89. The van der Waals surface area contributed by atoms with Gasteiger partial charge in [0.05, 0.1) is 5.60 Å². The van der Waals surface area contributed by atoms with Crippen LogP contribution in [0, 0.1) is 0 Å². The summed E-state index contributed by atoms with van der Waals surface area (Å²) in [5.41, 5.74) is 7.37. The second-order valence-corrected chi connectivity index (χ2v) is 6.59. The van der Waals surface area contributed by atoms with Crippen molar-refractivity contribution in [3.05, 3.63) is 36.0 Å². The Balaban J connectivity index is 1.73. The molecule has 1 aliphatic rings. The van der Waals surface area contributed by atoms with E-state index in [-0.39, 0.29) is 0 Å². The predicted molar refractivity (Wildman–Crippen MR) is 86.4 cm³/mol. The van der Waals surface area contributed by atoms with Gasteiger partial charge in [-0.25, -0.2) is 0 Å². The number of benzene rings is 1. The summed E-state index contributed by atoms with van der Waals surface area (Å²) in [6, 6.07) is 10.7. The molecule has 0 saturated carbocycles. The van der Waals surface area contributed by atoms with Gasteiger partial charge in [0.1, 0.15) is 0 Å². The lowest BCUT2D eigenvalue weighted by atomic mass is 9.93. The third-order valence-corrected chi connectivity index (χ3v) is 4.50. The molecule has 114 valence electrons. The van der Waals surface area contributed by atoms with Gasteiger partial charge in [-0.3, -0.25) is 4.90 Å². The topological polar surface area (TPSA) is 65.3 Å². The van der Waals surface area contributed by atoms with Gasteiger partial charge in [-0.15, -0.1) is 0 Å². The minimum atomic E-state index is -0.789. The number of para-hydroxylation sites is 1. The second-order valence-electron chi connectivity index (χ2n) is 6.59. The molecule has 4 nitrogen and oxygen atoms in total. The van der Waals surface area contributed by atoms with Crippen LogP contribution in [-0.2, 0) is 0 Å². The van der Waals surface area contributed by atoms with Crippen molar-refractivity contribution in [2.75, 3.05) is 26.2 Å². The molecule has 1 aliphatic heterocycles. The molecule has 3 rings (SSSR count). The Labute approximate surface area is 125 Å². The number of likely N-dealkylation sites (tertiary alicyclic amines) is 1. The number of aromatic amines is 1. The Morgan fingerprint density at radius 3 is 3.00 bits per heavy atom. The van der Waals surface area contributed by atoms with Gasteiger partial charge in [0.25, 0.3) is 0 Å². The molecule has 21 heavy (non-hydrogen) atoms. The van der Waals surface area contributed by atoms with Crippen LogP contribution in [0.3, 0.4) is 0 Å². The zero-order valence-corrected chi connectivity index (χ0v) is 12.7. The van der Waals surface area contributed by atoms with E-state index in [4.69, 9.17) is 5.73 Å². The van der Waals surface area contributed by atoms with Gasteiger partial charge in [-0.1, -0.05) is 18.2 Å². The van der Waals surface area contributed by atoms with Crippen LogP contribution in [0.5, 0.6) is 0 Å². The van der Waals surface area contributed by atoms with Gasteiger partial charge in [0.2, 0.25) is 0 Å². The number of hydrogen-bond donors (Lipinski definition) is 3. The first-order valence-electron chi connectivity index (χ1n) is 7.80. The van der Waals surface area contributed by atoms with Crippen LogP contribution in [-0.4, -0.2) is 46.8 Å². The Bertz CT molecular complexity index is 572. The number of aliphatic hydroxyl groups is 1. The lowest BCUT2D eigenvalue weighted by Crippen LogP contribution is -2.48. The first-order valence-corrected chi connectivity index (χ1v) is 7.80. The second kappa shape index (κ2) is 5.79. The molecule has 2 aromatic rings. The maximum absolute atomic E-state index is 10.2. The van der Waals surface area contributed by atoms with Crippen LogP contribution < -0.4 is 5.73 Å². The van der Waals surface area contributed by atoms with Crippen molar-refractivity contribution >= 4 is 10.9 Å². The van der Waals surface area contributed by atoms with E-state index in [1.54, 1.807) is 0 Å². The molecule has 1 aromatic heterocycles. The third kappa shape index (κ3) is 3.28. The van der Waals surface area contributed by atoms with Crippen molar-refractivity contribution in [3.8, 4) is 0 Å². The molecule has 1 aromatic carbocycles. The van der Waals surface area contributed by atoms with Crippen LogP contribution in [0.4, 0.5) is 0 Å². The van der Waals surface area contributed by atoms with Crippen molar-refractivity contribution in [3.63, 3.8) is 0 Å². The number of H-pyrrole nitrogens is 1. The highest BCUT2D eigenvalue weighted by atomic mass is 16.3. The number of nitrogens with two attached hydrogens (primary N) is 1. The maximum atomic E-state index is 10.2. The maximum Gasteiger partial charge on any atom is 0.0867 e. The number of nitrogens with zero attached hydrogens (tertiary/aromatic N) is 1. The molecule has 2 unspecified atom stereocenters. The molecule has 4 N–H and O–H groups in total. The SMILES string of the molecule is CC(O)(CN)CN1CCCC(c2cc3ccccc3[nH]2)C1. The minimum Gasteiger partial charge on any atom is -0.388 e. The number of β-amino-alcohol motifs (C(OH)–C–C–N with tert-alkyl or cyclic N) is 1. The van der Waals surface area contributed by atoms with E-state index in [1.165, 1.54) is 29.4 Å². The minimum absolute atomic E-state index is 0.306. The fourth-order valence-corrected chi connectivity index (χ4v) is 3.32. The number of fused-ring (bicyclic) bond motifs is 1. The number of hydrogen-bond acceptors (Lipinski definition) is 3. The first-order chi connectivity index (χ1) is 10.1. The van der Waals surface area contributed by atoms with Gasteiger partial charge in [-0.2, -0.15) is 0 Å². The summed E-state index contributed by atoms with van der Waals surface area (Å²) in [7, 11) is 0. The summed E-state index contributed by atoms with van der Waals surface area (Å²) in [6.07, 6.45) is 2.37. The van der Waals surface area contributed by atoms with E-state index in [0.29, 0.717) is 19.0 Å². The molecule has 0 amide bonds. The van der Waals surface area contributed by atoms with E-state index < -0.39 is 5.60 Å². The molecule has 0 radical (unpaired) electrons. The number of nitrogens with one attached hydrogen (secondary N) is 1. The molecule has 2 heterocycles. The molecule has 0 spiro atoms. The highest BCUT2D eigenvalue weighted by Gasteiger charge is 2.28. The molecular weight excluding hydrogens is 262 g/mol. The summed E-state index contributed by atoms with van der Waals surface area (Å²) in [6.45, 7) is 4.82. The Kier molecular flexibility index (Phi) is 4.02. The Morgan fingerprint density at radius 1 is 1.43 bits per heavy atom. The summed E-state index contributed by atoms with van der Waals surface area (Å²) < 4.78 is 0. The lowest BCUT2D eigenvalue weighted by molar-refractivity contribution is 0.0188. The molecule has 0 bridgehead atoms. The fraction of sp³-hybridized carbons (Fsp3) is 0.529. The summed E-state index contributed by atoms with van der Waals surface area (Å²) >= 11 is 0. The molecule has 2 atom stereocenters. The van der Waals surface area contributed by atoms with Crippen LogP contribution >= 0.6 is 0 Å². The van der Waals surface area contributed by atoms with Crippen LogP contribution in [0.1, 0.15) is 31.4 Å². The zero-order chi connectivity index (χ0) is 14.9. The number of aromatic nitrogens is 1. The van der Waals surface area contributed by atoms with E-state index in [9.17, 15) is 5.11 Å². The van der Waals surface area contributed by atoms with Gasteiger partial charge < -0.3 is 15.8 Å². The lowest BCUT2D eigenvalue weighted by Gasteiger charge is -2.36. The van der Waals surface area contributed by atoms with E-state index in [0.717, 1.165) is 13.1 Å². The van der Waals surface area contributed by atoms with Gasteiger partial charge in [-0.05, 0) is 43.8 Å². The van der Waals surface area contributed by atoms with Crippen molar-refractivity contribution in [2.24, 2.45) is 5.73 Å². The van der Waals surface area contributed by atoms with Gasteiger partial charge >= 0.3 is 0 Å². The van der Waals surface area contributed by atoms with Gasteiger partial charge in [0.15, 0.2) is 0 Å².